The zero-order valence-electron chi connectivity index (χ0n) is 17.4. The second kappa shape index (κ2) is 10.0. The number of carbonyl (C=O) groups is 1. The van der Waals surface area contributed by atoms with Crippen molar-refractivity contribution in [2.75, 3.05) is 19.8 Å². The summed E-state index contributed by atoms with van der Waals surface area (Å²) in [6.45, 7) is 3.24. The lowest BCUT2D eigenvalue weighted by molar-refractivity contribution is -0.124. The van der Waals surface area contributed by atoms with Gasteiger partial charge in [-0.2, -0.15) is 0 Å². The molecule has 5 nitrogen and oxygen atoms in total. The van der Waals surface area contributed by atoms with E-state index in [4.69, 9.17) is 9.47 Å². The summed E-state index contributed by atoms with van der Waals surface area (Å²) in [6, 6.07) is 14.0. The molecule has 1 saturated heterocycles. The summed E-state index contributed by atoms with van der Waals surface area (Å²) in [5.74, 6) is 0.220. The monoisotopic (exact) mass is 440 g/mol. The van der Waals surface area contributed by atoms with Crippen LogP contribution in [-0.4, -0.2) is 36.8 Å². The lowest BCUT2D eigenvalue weighted by atomic mass is 10.1. The number of amides is 1. The molecule has 1 N–H and O–H groups in total. The third-order valence-corrected chi connectivity index (χ3v) is 6.43. The van der Waals surface area contributed by atoms with E-state index < -0.39 is 0 Å². The summed E-state index contributed by atoms with van der Waals surface area (Å²) in [7, 11) is 0. The summed E-state index contributed by atoms with van der Waals surface area (Å²) >= 11 is 1.57. The van der Waals surface area contributed by atoms with Crippen LogP contribution in [-0.2, 0) is 9.53 Å². The van der Waals surface area contributed by atoms with Crippen LogP contribution in [0.5, 0.6) is 5.75 Å². The predicted octanol–water partition coefficient (Wildman–Crippen LogP) is 4.99. The van der Waals surface area contributed by atoms with E-state index in [0.29, 0.717) is 12.3 Å². The molecule has 1 aromatic heterocycles. The minimum absolute atomic E-state index is 0.0274. The molecule has 1 aliphatic heterocycles. The van der Waals surface area contributed by atoms with Gasteiger partial charge in [-0.1, -0.05) is 0 Å². The molecular weight excluding hydrogens is 415 g/mol. The van der Waals surface area contributed by atoms with Crippen molar-refractivity contribution in [2.24, 2.45) is 0 Å². The van der Waals surface area contributed by atoms with Crippen LogP contribution in [0.1, 0.15) is 25.0 Å². The molecular formula is C24H25FN2O3S. The summed E-state index contributed by atoms with van der Waals surface area (Å²) in [5, 5.41) is 3.72. The highest BCUT2D eigenvalue weighted by Gasteiger charge is 2.15. The summed E-state index contributed by atoms with van der Waals surface area (Å²) < 4.78 is 24.4. The van der Waals surface area contributed by atoms with Crippen LogP contribution in [0.2, 0.25) is 0 Å². The van der Waals surface area contributed by atoms with Crippen LogP contribution in [0.3, 0.4) is 0 Å². The first-order valence-corrected chi connectivity index (χ1v) is 11.2. The molecule has 2 heterocycles. The van der Waals surface area contributed by atoms with Gasteiger partial charge in [0.1, 0.15) is 16.6 Å². The maximum atomic E-state index is 13.2. The zero-order valence-corrected chi connectivity index (χ0v) is 18.2. The number of hydrogen-bond acceptors (Lipinski definition) is 5. The van der Waals surface area contributed by atoms with Gasteiger partial charge in [-0.25, -0.2) is 9.37 Å². The molecule has 1 amide bonds. The Morgan fingerprint density at radius 1 is 1.16 bits per heavy atom. The average molecular weight is 441 g/mol. The van der Waals surface area contributed by atoms with Gasteiger partial charge in [0, 0.05) is 18.7 Å². The van der Waals surface area contributed by atoms with E-state index >= 15 is 0 Å². The van der Waals surface area contributed by atoms with Gasteiger partial charge < -0.3 is 14.8 Å². The number of nitrogens with one attached hydrogen (secondary N) is 1. The van der Waals surface area contributed by atoms with Crippen LogP contribution in [0, 0.1) is 12.7 Å². The van der Waals surface area contributed by atoms with Gasteiger partial charge in [0.2, 0.25) is 0 Å². The Labute approximate surface area is 185 Å². The molecule has 0 aliphatic carbocycles. The van der Waals surface area contributed by atoms with Gasteiger partial charge in [-0.05, 0) is 80.3 Å². The molecule has 162 valence electrons. The van der Waals surface area contributed by atoms with Crippen molar-refractivity contribution in [3.8, 4) is 26.8 Å². The van der Waals surface area contributed by atoms with Crippen LogP contribution in [0.4, 0.5) is 4.39 Å². The number of aromatic nitrogens is 1. The molecule has 1 aliphatic rings. The summed E-state index contributed by atoms with van der Waals surface area (Å²) in [5.41, 5.74) is 2.84. The Kier molecular flexibility index (Phi) is 6.94. The Morgan fingerprint density at radius 3 is 2.61 bits per heavy atom. The summed E-state index contributed by atoms with van der Waals surface area (Å²) in [4.78, 5) is 17.7. The molecule has 2 aromatic carbocycles. The number of nitrogens with zero attached hydrogens (tertiary/aromatic N) is 1. The van der Waals surface area contributed by atoms with E-state index in [1.165, 1.54) is 12.1 Å². The lowest BCUT2D eigenvalue weighted by Gasteiger charge is -2.22. The molecule has 0 radical (unpaired) electrons. The van der Waals surface area contributed by atoms with Gasteiger partial charge in [0.05, 0.1) is 16.7 Å². The highest BCUT2D eigenvalue weighted by molar-refractivity contribution is 7.18. The second-order valence-electron chi connectivity index (χ2n) is 7.55. The van der Waals surface area contributed by atoms with E-state index in [1.54, 1.807) is 23.5 Å². The fourth-order valence-corrected chi connectivity index (χ4v) is 4.56. The highest BCUT2D eigenvalue weighted by Crippen LogP contribution is 2.35. The van der Waals surface area contributed by atoms with Gasteiger partial charge >= 0.3 is 0 Å². The number of benzene rings is 2. The van der Waals surface area contributed by atoms with Crippen molar-refractivity contribution in [1.82, 2.24) is 10.3 Å². The lowest BCUT2D eigenvalue weighted by Crippen LogP contribution is -2.37. The molecule has 1 fully saturated rings. The molecule has 0 saturated carbocycles. The molecule has 0 bridgehead atoms. The third kappa shape index (κ3) is 5.68. The number of rotatable bonds is 7. The highest BCUT2D eigenvalue weighted by atomic mass is 32.1. The van der Waals surface area contributed by atoms with E-state index in [0.717, 1.165) is 52.6 Å². The molecule has 31 heavy (non-hydrogen) atoms. The molecule has 4 rings (SSSR count). The first-order valence-electron chi connectivity index (χ1n) is 10.4. The van der Waals surface area contributed by atoms with Crippen LogP contribution in [0.15, 0.2) is 48.5 Å². The normalized spacial score (nSPS) is 16.1. The smallest absolute Gasteiger partial charge is 0.258 e. The number of carbonyl (C=O) groups excluding carboxylic acids is 1. The maximum absolute atomic E-state index is 13.2. The minimum atomic E-state index is -0.260. The third-order valence-electron chi connectivity index (χ3n) is 5.18. The van der Waals surface area contributed by atoms with Crippen molar-refractivity contribution in [3.05, 3.63) is 60.0 Å². The number of hydrogen-bond donors (Lipinski definition) is 1. The maximum Gasteiger partial charge on any atom is 0.258 e. The molecule has 3 aromatic rings. The van der Waals surface area contributed by atoms with Crippen molar-refractivity contribution >= 4 is 17.2 Å². The van der Waals surface area contributed by atoms with Gasteiger partial charge in [0.25, 0.3) is 5.91 Å². The Hall–Kier alpha value is -2.77. The quantitative estimate of drug-likeness (QED) is 0.562. The van der Waals surface area contributed by atoms with E-state index in [-0.39, 0.29) is 24.4 Å². The zero-order chi connectivity index (χ0) is 21.6. The Bertz CT molecular complexity index is 1010. The number of ether oxygens (including phenoxy) is 2. The number of aryl methyl sites for hydroxylation is 1. The van der Waals surface area contributed by atoms with E-state index in [1.807, 2.05) is 31.2 Å². The largest absolute Gasteiger partial charge is 0.484 e. The van der Waals surface area contributed by atoms with E-state index in [2.05, 4.69) is 10.3 Å². The minimum Gasteiger partial charge on any atom is -0.484 e. The van der Waals surface area contributed by atoms with Gasteiger partial charge in [0.15, 0.2) is 6.61 Å². The first-order chi connectivity index (χ1) is 15.1. The standard InChI is InChI=1S/C24H25FN2O3S/c1-16-23(31-24(27-16)18-5-9-19(25)10-6-18)17-7-11-20(12-8-17)30-15-22(28)26-14-21-4-2-3-13-29-21/h5-12,21H,2-4,13-15H2,1H3,(H,26,28). The second-order valence-corrected chi connectivity index (χ2v) is 8.55. The first kappa shape index (κ1) is 21.5. The fraction of sp³-hybridized carbons (Fsp3) is 0.333. The molecule has 1 unspecified atom stereocenters. The molecule has 7 heteroatoms. The van der Waals surface area contributed by atoms with Gasteiger partial charge in [-0.15, -0.1) is 11.3 Å². The van der Waals surface area contributed by atoms with Crippen LogP contribution >= 0.6 is 11.3 Å². The predicted molar refractivity (Wildman–Crippen MR) is 120 cm³/mol. The topological polar surface area (TPSA) is 60.5 Å². The Balaban J connectivity index is 1.33. The SMILES string of the molecule is Cc1nc(-c2ccc(F)cc2)sc1-c1ccc(OCC(=O)NCC2CCCCO2)cc1. The van der Waals surface area contributed by atoms with Crippen LogP contribution in [0.25, 0.3) is 21.0 Å². The summed E-state index contributed by atoms with van der Waals surface area (Å²) in [6.07, 6.45) is 3.34. The molecule has 0 spiro atoms. The fourth-order valence-electron chi connectivity index (χ4n) is 3.48. The van der Waals surface area contributed by atoms with Crippen molar-refractivity contribution in [1.29, 1.82) is 0 Å². The Morgan fingerprint density at radius 2 is 1.90 bits per heavy atom. The van der Waals surface area contributed by atoms with Crippen molar-refractivity contribution in [2.45, 2.75) is 32.3 Å². The van der Waals surface area contributed by atoms with Crippen molar-refractivity contribution < 1.29 is 18.7 Å². The van der Waals surface area contributed by atoms with Crippen molar-refractivity contribution in [3.63, 3.8) is 0 Å². The average Bonchev–Trinajstić information content (AvgIpc) is 3.19. The number of thiazole rings is 1. The molecule has 1 atom stereocenters. The van der Waals surface area contributed by atoms with Gasteiger partial charge in [-0.3, -0.25) is 4.79 Å². The van der Waals surface area contributed by atoms with Crippen LogP contribution < -0.4 is 10.1 Å². The van der Waals surface area contributed by atoms with E-state index in [9.17, 15) is 9.18 Å². The number of halogens is 1.